The zero-order chi connectivity index (χ0) is 14.4. The fourth-order valence-corrected chi connectivity index (χ4v) is 1.36. The van der Waals surface area contributed by atoms with Crippen molar-refractivity contribution in [1.29, 1.82) is 0 Å². The van der Waals surface area contributed by atoms with Gasteiger partial charge in [0.15, 0.2) is 6.61 Å². The van der Waals surface area contributed by atoms with Crippen LogP contribution in [0, 0.1) is 10.1 Å². The first-order chi connectivity index (χ1) is 9.65. The average molecular weight is 277 g/mol. The third-order valence-electron chi connectivity index (χ3n) is 2.34. The Kier molecular flexibility index (Phi) is 4.22. The number of carbonyl (C=O) groups is 1. The molecule has 0 saturated heterocycles. The number of hydrogen-bond donors (Lipinski definition) is 2. The van der Waals surface area contributed by atoms with Crippen LogP contribution in [0.3, 0.4) is 0 Å². The first-order valence-corrected chi connectivity index (χ1v) is 5.63. The molecule has 0 saturated carbocycles. The zero-order valence-corrected chi connectivity index (χ0v) is 10.3. The second kappa shape index (κ2) is 6.27. The minimum Gasteiger partial charge on any atom is -0.484 e. The van der Waals surface area contributed by atoms with E-state index >= 15 is 0 Å². The van der Waals surface area contributed by atoms with Crippen LogP contribution in [0.4, 0.5) is 5.69 Å². The van der Waals surface area contributed by atoms with Crippen LogP contribution in [0.2, 0.25) is 0 Å². The molecular weight excluding hydrogens is 266 g/mol. The maximum atomic E-state index is 11.5. The van der Waals surface area contributed by atoms with Crippen LogP contribution >= 0.6 is 0 Å². The number of amides is 1. The molecule has 0 aliphatic carbocycles. The lowest BCUT2D eigenvalue weighted by Gasteiger charge is -2.06. The number of nitro groups is 1. The predicted octanol–water partition coefficient (Wildman–Crippen LogP) is 0.408. The highest BCUT2D eigenvalue weighted by Crippen LogP contribution is 2.16. The van der Waals surface area contributed by atoms with Gasteiger partial charge in [0.05, 0.1) is 11.5 Å². The van der Waals surface area contributed by atoms with Gasteiger partial charge in [0, 0.05) is 12.1 Å². The Labute approximate surface area is 113 Å². The van der Waals surface area contributed by atoms with Crippen LogP contribution in [-0.2, 0) is 11.3 Å². The molecule has 1 aromatic heterocycles. The lowest BCUT2D eigenvalue weighted by Crippen LogP contribution is -2.28. The third-order valence-corrected chi connectivity index (χ3v) is 2.34. The summed E-state index contributed by atoms with van der Waals surface area (Å²) in [6.07, 6.45) is 1.34. The molecule has 0 spiro atoms. The monoisotopic (exact) mass is 277 g/mol. The molecule has 9 nitrogen and oxygen atoms in total. The molecule has 0 aliphatic heterocycles. The Bertz CT molecular complexity index is 581. The number of aromatic nitrogens is 3. The van der Waals surface area contributed by atoms with Gasteiger partial charge in [0.2, 0.25) is 0 Å². The first kappa shape index (κ1) is 13.5. The summed E-state index contributed by atoms with van der Waals surface area (Å²) < 4.78 is 5.19. The van der Waals surface area contributed by atoms with E-state index in [1.54, 1.807) is 0 Å². The summed E-state index contributed by atoms with van der Waals surface area (Å²) in [6, 6.07) is 5.48. The molecule has 0 atom stereocenters. The number of nitro benzene ring substituents is 1. The van der Waals surface area contributed by atoms with Crippen molar-refractivity contribution in [2.24, 2.45) is 0 Å². The number of nitrogens with one attached hydrogen (secondary N) is 2. The lowest BCUT2D eigenvalue weighted by atomic mass is 10.3. The Balaban J connectivity index is 1.76. The number of H-pyrrole nitrogens is 1. The fourth-order valence-electron chi connectivity index (χ4n) is 1.36. The largest absolute Gasteiger partial charge is 0.484 e. The van der Waals surface area contributed by atoms with Gasteiger partial charge in [-0.1, -0.05) is 0 Å². The number of carbonyl (C=O) groups excluding carboxylic acids is 1. The van der Waals surface area contributed by atoms with Gasteiger partial charge in [0.1, 0.15) is 17.9 Å². The van der Waals surface area contributed by atoms with E-state index in [2.05, 4.69) is 20.5 Å². The Morgan fingerprint density at radius 2 is 2.15 bits per heavy atom. The number of aromatic amines is 1. The van der Waals surface area contributed by atoms with Gasteiger partial charge in [-0.2, -0.15) is 5.10 Å². The first-order valence-electron chi connectivity index (χ1n) is 5.63. The van der Waals surface area contributed by atoms with E-state index in [-0.39, 0.29) is 24.7 Å². The molecular formula is C11H11N5O4. The van der Waals surface area contributed by atoms with Gasteiger partial charge in [-0.15, -0.1) is 0 Å². The minimum absolute atomic E-state index is 0.0351. The zero-order valence-electron chi connectivity index (χ0n) is 10.3. The number of non-ortho nitro benzene ring substituents is 1. The van der Waals surface area contributed by atoms with E-state index in [9.17, 15) is 14.9 Å². The van der Waals surface area contributed by atoms with Crippen LogP contribution < -0.4 is 10.1 Å². The summed E-state index contributed by atoms with van der Waals surface area (Å²) >= 11 is 0. The minimum atomic E-state index is -0.506. The molecule has 2 rings (SSSR count). The van der Waals surface area contributed by atoms with Crippen molar-refractivity contribution >= 4 is 11.6 Å². The molecule has 104 valence electrons. The fraction of sp³-hybridized carbons (Fsp3) is 0.182. The number of nitrogens with zero attached hydrogens (tertiary/aromatic N) is 3. The van der Waals surface area contributed by atoms with E-state index in [0.717, 1.165) is 0 Å². The van der Waals surface area contributed by atoms with Crippen LogP contribution in [0.1, 0.15) is 5.82 Å². The normalized spacial score (nSPS) is 10.0. The molecule has 0 unspecified atom stereocenters. The third kappa shape index (κ3) is 3.77. The van der Waals surface area contributed by atoms with Gasteiger partial charge in [-0.3, -0.25) is 20.0 Å². The molecule has 1 amide bonds. The summed E-state index contributed by atoms with van der Waals surface area (Å²) in [6.45, 7) is 0.0361. The van der Waals surface area contributed by atoms with Gasteiger partial charge < -0.3 is 10.1 Å². The number of rotatable bonds is 6. The highest BCUT2D eigenvalue weighted by molar-refractivity contribution is 5.77. The standard InChI is InChI=1S/C11H11N5O4/c17-11(12-5-10-13-7-14-15-10)6-20-9-3-1-8(2-4-9)16(18)19/h1-4,7H,5-6H2,(H,12,17)(H,13,14,15). The molecule has 0 bridgehead atoms. The van der Waals surface area contributed by atoms with Crippen molar-refractivity contribution in [1.82, 2.24) is 20.5 Å². The van der Waals surface area contributed by atoms with Crippen LogP contribution in [0.5, 0.6) is 5.75 Å². The van der Waals surface area contributed by atoms with Crippen molar-refractivity contribution < 1.29 is 14.5 Å². The van der Waals surface area contributed by atoms with Gasteiger partial charge in [0.25, 0.3) is 11.6 Å². The highest BCUT2D eigenvalue weighted by Gasteiger charge is 2.06. The number of ether oxygens (including phenoxy) is 1. The van der Waals surface area contributed by atoms with E-state index in [4.69, 9.17) is 4.74 Å². The highest BCUT2D eigenvalue weighted by atomic mass is 16.6. The smallest absolute Gasteiger partial charge is 0.269 e. The van der Waals surface area contributed by atoms with E-state index in [1.807, 2.05) is 0 Å². The molecule has 1 aromatic carbocycles. The number of benzene rings is 1. The summed E-state index contributed by atoms with van der Waals surface area (Å²) in [5.41, 5.74) is -0.0351. The van der Waals surface area contributed by atoms with E-state index < -0.39 is 4.92 Å². The summed E-state index contributed by atoms with van der Waals surface area (Å²) in [7, 11) is 0. The summed E-state index contributed by atoms with van der Waals surface area (Å²) in [5, 5.41) is 19.3. The Morgan fingerprint density at radius 1 is 1.40 bits per heavy atom. The van der Waals surface area contributed by atoms with Crippen molar-refractivity contribution in [2.45, 2.75) is 6.54 Å². The maximum absolute atomic E-state index is 11.5. The molecule has 2 aromatic rings. The maximum Gasteiger partial charge on any atom is 0.269 e. The average Bonchev–Trinajstić information content (AvgIpc) is 2.96. The SMILES string of the molecule is O=C(COc1ccc([N+](=O)[O-])cc1)NCc1ncn[nH]1. The van der Waals surface area contributed by atoms with Crippen molar-refractivity contribution in [3.8, 4) is 5.75 Å². The molecule has 20 heavy (non-hydrogen) atoms. The Hall–Kier alpha value is -2.97. The topological polar surface area (TPSA) is 123 Å². The molecule has 1 heterocycles. The molecule has 0 radical (unpaired) electrons. The van der Waals surface area contributed by atoms with Crippen LogP contribution in [-0.4, -0.2) is 32.6 Å². The second-order valence-electron chi connectivity index (χ2n) is 3.75. The summed E-state index contributed by atoms with van der Waals surface area (Å²) in [5.74, 6) is 0.582. The Morgan fingerprint density at radius 3 is 2.75 bits per heavy atom. The van der Waals surface area contributed by atoms with Gasteiger partial charge in [-0.25, -0.2) is 4.98 Å². The van der Waals surface area contributed by atoms with E-state index in [0.29, 0.717) is 11.6 Å². The van der Waals surface area contributed by atoms with Crippen LogP contribution in [0.25, 0.3) is 0 Å². The molecule has 9 heteroatoms. The van der Waals surface area contributed by atoms with Gasteiger partial charge >= 0.3 is 0 Å². The molecule has 0 fully saturated rings. The number of hydrogen-bond acceptors (Lipinski definition) is 6. The second-order valence-corrected chi connectivity index (χ2v) is 3.75. The van der Waals surface area contributed by atoms with E-state index in [1.165, 1.54) is 30.6 Å². The lowest BCUT2D eigenvalue weighted by molar-refractivity contribution is -0.384. The molecule has 2 N–H and O–H groups in total. The quantitative estimate of drug-likeness (QED) is 0.582. The summed E-state index contributed by atoms with van der Waals surface area (Å²) in [4.78, 5) is 25.3. The van der Waals surface area contributed by atoms with Crippen molar-refractivity contribution in [2.75, 3.05) is 6.61 Å². The van der Waals surface area contributed by atoms with Gasteiger partial charge in [-0.05, 0) is 12.1 Å². The van der Waals surface area contributed by atoms with Crippen LogP contribution in [0.15, 0.2) is 30.6 Å². The van der Waals surface area contributed by atoms with Crippen molar-refractivity contribution in [3.05, 3.63) is 46.5 Å². The van der Waals surface area contributed by atoms with Crippen molar-refractivity contribution in [3.63, 3.8) is 0 Å². The predicted molar refractivity (Wildman–Crippen MR) is 66.8 cm³/mol. The molecule has 0 aliphatic rings.